The zero-order chi connectivity index (χ0) is 18.9. The van der Waals surface area contributed by atoms with Crippen molar-refractivity contribution < 1.29 is 23.0 Å². The van der Waals surface area contributed by atoms with Gasteiger partial charge in [0.1, 0.15) is 11.9 Å². The molecule has 7 nitrogen and oxygen atoms in total. The molecule has 0 saturated carbocycles. The van der Waals surface area contributed by atoms with E-state index in [9.17, 15) is 18.3 Å². The van der Waals surface area contributed by atoms with Crippen molar-refractivity contribution in [1.29, 1.82) is 0 Å². The molecule has 0 spiro atoms. The van der Waals surface area contributed by atoms with Crippen molar-refractivity contribution in [2.24, 2.45) is 0 Å². The van der Waals surface area contributed by atoms with Crippen molar-refractivity contribution in [2.75, 3.05) is 30.3 Å². The molecule has 1 aromatic carbocycles. The zero-order valence-corrected chi connectivity index (χ0v) is 15.8. The highest BCUT2D eigenvalue weighted by atomic mass is 32.3. The van der Waals surface area contributed by atoms with Crippen LogP contribution in [0.3, 0.4) is 0 Å². The Hall–Kier alpha value is -1.46. The largest absolute Gasteiger partial charge is 0.787 e. The van der Waals surface area contributed by atoms with Crippen LogP contribution in [-0.4, -0.2) is 51.7 Å². The fourth-order valence-electron chi connectivity index (χ4n) is 3.08. The number of carbonyl (C=O) groups excluding carboxylic acids is 1. The molecule has 0 radical (unpaired) electrons. The third kappa shape index (κ3) is 4.44. The lowest BCUT2D eigenvalue weighted by molar-refractivity contribution is 0.143. The summed E-state index contributed by atoms with van der Waals surface area (Å²) in [5.41, 5.74) is 0.854. The van der Waals surface area contributed by atoms with Crippen molar-refractivity contribution in [3.8, 4) is 0 Å². The molecule has 1 amide bonds. The van der Waals surface area contributed by atoms with E-state index in [-0.39, 0.29) is 24.3 Å². The molecule has 2 saturated heterocycles. The van der Waals surface area contributed by atoms with E-state index in [0.717, 1.165) is 0 Å². The Balaban J connectivity index is 1.68. The number of anilines is 1. The van der Waals surface area contributed by atoms with Crippen LogP contribution in [0.4, 0.5) is 14.9 Å². The van der Waals surface area contributed by atoms with E-state index in [1.807, 2.05) is 0 Å². The second kappa shape index (κ2) is 7.65. The number of nitrogens with zero attached hydrogens (tertiary/aromatic N) is 1. The third-order valence-corrected chi connectivity index (χ3v) is 6.00. The molecule has 0 bridgehead atoms. The molecule has 2 aliphatic rings. The summed E-state index contributed by atoms with van der Waals surface area (Å²) in [6, 6.07) is 4.55. The van der Waals surface area contributed by atoms with Gasteiger partial charge in [-0.2, -0.15) is 0 Å². The first-order chi connectivity index (χ1) is 12.2. The summed E-state index contributed by atoms with van der Waals surface area (Å²) in [5.74, 6) is -0.705. The highest BCUT2D eigenvalue weighted by Gasteiger charge is 2.33. The van der Waals surface area contributed by atoms with E-state index < -0.39 is 22.7 Å². The Kier molecular flexibility index (Phi) is 5.68. The summed E-state index contributed by atoms with van der Waals surface area (Å²) in [4.78, 5) is 14.0. The SMILES string of the molecule is CC(=S)NCC1CN(c2ccc(C3CCS([O-])([O-])NC3)c(F)c2)C(=O)O1. The van der Waals surface area contributed by atoms with Crippen molar-refractivity contribution in [1.82, 2.24) is 10.0 Å². The lowest BCUT2D eigenvalue weighted by Crippen LogP contribution is -2.34. The Bertz CT molecular complexity index is 709. The number of ether oxygens (including phenoxy) is 1. The summed E-state index contributed by atoms with van der Waals surface area (Å²) in [6.07, 6.45) is -0.533. The fourth-order valence-corrected chi connectivity index (χ4v) is 4.35. The second-order valence-electron chi connectivity index (χ2n) is 6.41. The van der Waals surface area contributed by atoms with E-state index in [0.29, 0.717) is 35.7 Å². The zero-order valence-electron chi connectivity index (χ0n) is 14.2. The molecule has 3 rings (SSSR count). The number of amides is 1. The van der Waals surface area contributed by atoms with E-state index in [1.54, 1.807) is 19.1 Å². The van der Waals surface area contributed by atoms with Gasteiger partial charge in [0.05, 0.1) is 23.8 Å². The molecule has 2 aliphatic heterocycles. The average molecular weight is 401 g/mol. The Morgan fingerprint density at radius 1 is 1.54 bits per heavy atom. The molecule has 2 atom stereocenters. The molecule has 26 heavy (non-hydrogen) atoms. The van der Waals surface area contributed by atoms with Crippen molar-refractivity contribution in [3.63, 3.8) is 0 Å². The van der Waals surface area contributed by atoms with E-state index in [4.69, 9.17) is 17.0 Å². The van der Waals surface area contributed by atoms with Gasteiger partial charge in [0.2, 0.25) is 0 Å². The Morgan fingerprint density at radius 3 is 2.92 bits per heavy atom. The average Bonchev–Trinajstić information content (AvgIpc) is 2.94. The van der Waals surface area contributed by atoms with E-state index in [1.165, 1.54) is 11.0 Å². The van der Waals surface area contributed by atoms with Gasteiger partial charge in [-0.1, -0.05) is 18.3 Å². The smallest absolute Gasteiger partial charge is 0.414 e. The second-order valence-corrected chi connectivity index (χ2v) is 8.95. The number of cyclic esters (lactones) is 1. The molecule has 0 aromatic heterocycles. The maximum absolute atomic E-state index is 14.6. The number of carbonyl (C=O) groups is 1. The van der Waals surface area contributed by atoms with Crippen LogP contribution < -0.4 is 14.9 Å². The van der Waals surface area contributed by atoms with Gasteiger partial charge in [0.15, 0.2) is 0 Å². The highest BCUT2D eigenvalue weighted by Crippen LogP contribution is 2.41. The van der Waals surface area contributed by atoms with Gasteiger partial charge < -0.3 is 29.9 Å². The van der Waals surface area contributed by atoms with Gasteiger partial charge >= 0.3 is 6.09 Å². The number of nitrogens with one attached hydrogen (secondary N) is 2. The summed E-state index contributed by atoms with van der Waals surface area (Å²) in [7, 11) is -3.24. The standard InChI is InChI=1S/C16H22FN3O4S2/c1-10(25)18-8-13-9-20(16(21)24-13)12-2-3-14(15(17)6-12)11-4-5-26(22,23)19-7-11/h2-3,6,11,13,19,22-23H,4-5,7-9H2,1H3,(H,18,25)/p-2. The maximum Gasteiger partial charge on any atom is 0.414 e. The van der Waals surface area contributed by atoms with E-state index in [2.05, 4.69) is 10.0 Å². The van der Waals surface area contributed by atoms with Crippen LogP contribution in [0.2, 0.25) is 0 Å². The van der Waals surface area contributed by atoms with Crippen LogP contribution in [0.25, 0.3) is 0 Å². The van der Waals surface area contributed by atoms with Crippen LogP contribution in [0.1, 0.15) is 24.8 Å². The predicted octanol–water partition coefficient (Wildman–Crippen LogP) is 2.15. The molecule has 1 aromatic rings. The number of hydrogen-bond donors (Lipinski definition) is 2. The first-order valence-corrected chi connectivity index (χ1v) is 10.3. The summed E-state index contributed by atoms with van der Waals surface area (Å²) < 4.78 is 45.1. The predicted molar refractivity (Wildman–Crippen MR) is 99.7 cm³/mol. The molecule has 2 fully saturated rings. The highest BCUT2D eigenvalue weighted by molar-refractivity contribution is 8.22. The normalized spacial score (nSPS) is 26.3. The maximum atomic E-state index is 14.6. The van der Waals surface area contributed by atoms with Crippen molar-refractivity contribution >= 4 is 39.8 Å². The first-order valence-electron chi connectivity index (χ1n) is 8.24. The number of sulfonamides is 1. The minimum absolute atomic E-state index is 0.0225. The number of benzene rings is 1. The molecular weight excluding hydrogens is 381 g/mol. The van der Waals surface area contributed by atoms with Gasteiger partial charge in [-0.05, 0) is 36.8 Å². The number of hydrogen-bond acceptors (Lipinski definition) is 6. The molecule has 0 aliphatic carbocycles. The van der Waals surface area contributed by atoms with Crippen LogP contribution in [0.5, 0.6) is 0 Å². The molecule has 2 heterocycles. The van der Waals surface area contributed by atoms with Gasteiger partial charge in [-0.3, -0.25) is 9.62 Å². The summed E-state index contributed by atoms with van der Waals surface area (Å²) >= 11 is 4.93. The Morgan fingerprint density at radius 2 is 2.31 bits per heavy atom. The summed E-state index contributed by atoms with van der Waals surface area (Å²) in [6.45, 7) is 2.62. The van der Waals surface area contributed by atoms with Gasteiger partial charge in [-0.15, -0.1) is 0 Å². The van der Waals surface area contributed by atoms with Gasteiger partial charge in [-0.25, -0.2) is 9.18 Å². The summed E-state index contributed by atoms with van der Waals surface area (Å²) in [5, 5.41) is 2.95. The molecule has 144 valence electrons. The quantitative estimate of drug-likeness (QED) is 0.746. The topological polar surface area (TPSA) is 99.7 Å². The van der Waals surface area contributed by atoms with Gasteiger partial charge in [0.25, 0.3) is 0 Å². The van der Waals surface area contributed by atoms with E-state index >= 15 is 0 Å². The lowest BCUT2D eigenvalue weighted by atomic mass is 9.95. The number of thiocarbonyl (C=S) groups is 1. The molecular formula is C16H20FN3O4S2-2. The molecule has 10 heteroatoms. The number of rotatable bonds is 4. The van der Waals surface area contributed by atoms with Crippen LogP contribution >= 0.6 is 23.0 Å². The monoisotopic (exact) mass is 401 g/mol. The lowest BCUT2D eigenvalue weighted by Gasteiger charge is -2.63. The van der Waals surface area contributed by atoms with Crippen molar-refractivity contribution in [2.45, 2.75) is 25.4 Å². The van der Waals surface area contributed by atoms with Crippen LogP contribution in [0, 0.1) is 5.82 Å². The molecule has 2 N–H and O–H groups in total. The fraction of sp³-hybridized carbons (Fsp3) is 0.500. The van der Waals surface area contributed by atoms with Crippen LogP contribution in [0.15, 0.2) is 18.2 Å². The first kappa shape index (κ1) is 19.3. The minimum Gasteiger partial charge on any atom is -0.787 e. The Labute approximate surface area is 158 Å². The third-order valence-electron chi connectivity index (χ3n) is 4.47. The van der Waals surface area contributed by atoms with Gasteiger partial charge in [0, 0.05) is 12.5 Å². The minimum atomic E-state index is -3.24. The van der Waals surface area contributed by atoms with Crippen LogP contribution in [-0.2, 0) is 4.74 Å². The number of halogens is 1. The van der Waals surface area contributed by atoms with Crippen molar-refractivity contribution in [3.05, 3.63) is 29.6 Å². The molecule has 2 unspecified atom stereocenters.